The fraction of sp³-hybridized carbons (Fsp3) is 0.0769. The quantitative estimate of drug-likeness (QED) is 0.756. The van der Waals surface area contributed by atoms with Gasteiger partial charge in [0, 0.05) is 17.8 Å². The summed E-state index contributed by atoms with van der Waals surface area (Å²) >= 11 is 0. The van der Waals surface area contributed by atoms with Crippen molar-refractivity contribution < 1.29 is 9.18 Å². The molecule has 0 spiro atoms. The third kappa shape index (κ3) is 2.66. The fourth-order valence-electron chi connectivity index (χ4n) is 1.58. The second-order valence-corrected chi connectivity index (χ2v) is 3.68. The predicted octanol–water partition coefficient (Wildman–Crippen LogP) is 1.85. The Hall–Kier alpha value is -2.23. The molecule has 0 atom stereocenters. The molecule has 0 radical (unpaired) electrons. The number of nitrogens with zero attached hydrogens (tertiary/aromatic N) is 1. The molecule has 1 aromatic heterocycles. The summed E-state index contributed by atoms with van der Waals surface area (Å²) in [5.74, 6) is -0.345. The number of hydrogen-bond acceptors (Lipinski definition) is 2. The van der Waals surface area contributed by atoms with Crippen molar-refractivity contribution in [3.05, 3.63) is 69.9 Å². The maximum Gasteiger partial charge on any atom is 0.250 e. The third-order valence-electron chi connectivity index (χ3n) is 2.38. The number of carbonyl (C=O) groups excluding carboxylic acids is 1. The Morgan fingerprint density at radius 1 is 1.24 bits per heavy atom. The molecule has 0 saturated carbocycles. The van der Waals surface area contributed by atoms with Crippen LogP contribution in [0, 0.1) is 5.82 Å². The molecule has 2 aromatic rings. The number of carbonyl (C=O) groups is 1. The summed E-state index contributed by atoms with van der Waals surface area (Å²) in [6.07, 6.45) is 2.13. The van der Waals surface area contributed by atoms with E-state index in [2.05, 4.69) is 0 Å². The number of hydrogen-bond donors (Lipinski definition) is 0. The molecule has 2 rings (SSSR count). The van der Waals surface area contributed by atoms with Crippen LogP contribution in [0.5, 0.6) is 0 Å². The molecule has 86 valence electrons. The minimum absolute atomic E-state index is 0.222. The predicted molar refractivity (Wildman–Crippen MR) is 61.6 cm³/mol. The van der Waals surface area contributed by atoms with E-state index in [4.69, 9.17) is 0 Å². The van der Waals surface area contributed by atoms with Gasteiger partial charge < -0.3 is 4.57 Å². The van der Waals surface area contributed by atoms with Gasteiger partial charge in [-0.2, -0.15) is 0 Å². The van der Waals surface area contributed by atoms with Crippen LogP contribution in [0.1, 0.15) is 15.9 Å². The molecular formula is C13H10FNO2. The van der Waals surface area contributed by atoms with Crippen LogP contribution in [0.2, 0.25) is 0 Å². The zero-order chi connectivity index (χ0) is 12.3. The summed E-state index contributed by atoms with van der Waals surface area (Å²) in [5, 5.41) is 0. The lowest BCUT2D eigenvalue weighted by Crippen LogP contribution is -2.19. The van der Waals surface area contributed by atoms with Gasteiger partial charge in [0.15, 0.2) is 6.29 Å². The number of benzene rings is 1. The largest absolute Gasteiger partial charge is 0.310 e. The number of aldehydes is 1. The minimum atomic E-state index is -0.345. The maximum absolute atomic E-state index is 13.0. The average molecular weight is 231 g/mol. The van der Waals surface area contributed by atoms with Gasteiger partial charge in [0.2, 0.25) is 0 Å². The molecule has 0 saturated heterocycles. The molecule has 4 heteroatoms. The SMILES string of the molecule is O=Cc1ccc(=O)n(Cc2cccc(F)c2)c1. The summed E-state index contributed by atoms with van der Waals surface area (Å²) in [6, 6.07) is 8.79. The highest BCUT2D eigenvalue weighted by Gasteiger charge is 2.00. The van der Waals surface area contributed by atoms with Crippen LogP contribution in [0.3, 0.4) is 0 Å². The standard InChI is InChI=1S/C13H10FNO2/c14-12-3-1-2-10(6-12)7-15-8-11(9-16)4-5-13(15)17/h1-6,8-9H,7H2. The van der Waals surface area contributed by atoms with E-state index >= 15 is 0 Å². The lowest BCUT2D eigenvalue weighted by molar-refractivity contribution is 0.112. The first kappa shape index (κ1) is 11.3. The average Bonchev–Trinajstić information content (AvgIpc) is 2.32. The second kappa shape index (κ2) is 4.74. The van der Waals surface area contributed by atoms with Crippen molar-refractivity contribution in [3.8, 4) is 0 Å². The molecule has 0 aliphatic carbocycles. The van der Waals surface area contributed by atoms with Crippen LogP contribution >= 0.6 is 0 Å². The molecule has 0 amide bonds. The molecule has 0 unspecified atom stereocenters. The lowest BCUT2D eigenvalue weighted by atomic mass is 10.2. The number of halogens is 1. The monoisotopic (exact) mass is 231 g/mol. The topological polar surface area (TPSA) is 39.1 Å². The van der Waals surface area contributed by atoms with E-state index in [0.717, 1.165) is 0 Å². The normalized spacial score (nSPS) is 10.2. The van der Waals surface area contributed by atoms with Gasteiger partial charge in [0.25, 0.3) is 5.56 Å². The summed E-state index contributed by atoms with van der Waals surface area (Å²) < 4.78 is 14.3. The Bertz CT molecular complexity index is 604. The smallest absolute Gasteiger partial charge is 0.250 e. The Morgan fingerprint density at radius 3 is 2.76 bits per heavy atom. The number of pyridine rings is 1. The van der Waals surface area contributed by atoms with Gasteiger partial charge in [-0.1, -0.05) is 12.1 Å². The molecule has 3 nitrogen and oxygen atoms in total. The molecule has 0 N–H and O–H groups in total. The number of aromatic nitrogens is 1. The van der Waals surface area contributed by atoms with Gasteiger partial charge in [0.1, 0.15) is 5.82 Å². The van der Waals surface area contributed by atoms with E-state index in [0.29, 0.717) is 17.4 Å². The van der Waals surface area contributed by atoms with E-state index < -0.39 is 0 Å². The molecular weight excluding hydrogens is 221 g/mol. The Kier molecular flexibility index (Phi) is 3.14. The molecule has 17 heavy (non-hydrogen) atoms. The second-order valence-electron chi connectivity index (χ2n) is 3.68. The zero-order valence-electron chi connectivity index (χ0n) is 8.97. The lowest BCUT2D eigenvalue weighted by Gasteiger charge is -2.06. The molecule has 1 aromatic carbocycles. The van der Waals surface area contributed by atoms with E-state index in [-0.39, 0.29) is 17.9 Å². The van der Waals surface area contributed by atoms with Crippen LogP contribution in [-0.2, 0) is 6.54 Å². The van der Waals surface area contributed by atoms with E-state index in [1.54, 1.807) is 12.1 Å². The summed E-state index contributed by atoms with van der Waals surface area (Å²) in [4.78, 5) is 22.1. The first-order valence-electron chi connectivity index (χ1n) is 5.09. The van der Waals surface area contributed by atoms with Crippen molar-refractivity contribution in [1.29, 1.82) is 0 Å². The first-order chi connectivity index (χ1) is 8.19. The van der Waals surface area contributed by atoms with Crippen molar-refractivity contribution in [1.82, 2.24) is 4.57 Å². The van der Waals surface area contributed by atoms with Crippen LogP contribution in [0.25, 0.3) is 0 Å². The molecule has 1 heterocycles. The molecule has 0 aliphatic heterocycles. The molecule has 0 aliphatic rings. The van der Waals surface area contributed by atoms with Crippen LogP contribution < -0.4 is 5.56 Å². The van der Waals surface area contributed by atoms with E-state index in [1.165, 1.54) is 35.0 Å². The summed E-state index contributed by atoms with van der Waals surface area (Å²) in [5.41, 5.74) is 0.871. The summed E-state index contributed by atoms with van der Waals surface area (Å²) in [7, 11) is 0. The van der Waals surface area contributed by atoms with Crippen molar-refractivity contribution in [2.75, 3.05) is 0 Å². The highest BCUT2D eigenvalue weighted by molar-refractivity contribution is 5.73. The van der Waals surface area contributed by atoms with Crippen molar-refractivity contribution >= 4 is 6.29 Å². The molecule has 0 bridgehead atoms. The highest BCUT2D eigenvalue weighted by Crippen LogP contribution is 2.05. The van der Waals surface area contributed by atoms with Gasteiger partial charge in [0.05, 0.1) is 6.54 Å². The first-order valence-corrected chi connectivity index (χ1v) is 5.09. The van der Waals surface area contributed by atoms with Gasteiger partial charge in [-0.3, -0.25) is 9.59 Å². The van der Waals surface area contributed by atoms with Gasteiger partial charge in [-0.05, 0) is 23.8 Å². The third-order valence-corrected chi connectivity index (χ3v) is 2.38. The van der Waals surface area contributed by atoms with Crippen LogP contribution in [0.4, 0.5) is 4.39 Å². The Balaban J connectivity index is 2.35. The van der Waals surface area contributed by atoms with Gasteiger partial charge >= 0.3 is 0 Å². The van der Waals surface area contributed by atoms with Crippen molar-refractivity contribution in [2.24, 2.45) is 0 Å². The highest BCUT2D eigenvalue weighted by atomic mass is 19.1. The number of rotatable bonds is 3. The minimum Gasteiger partial charge on any atom is -0.310 e. The summed E-state index contributed by atoms with van der Waals surface area (Å²) in [6.45, 7) is 0.248. The zero-order valence-corrected chi connectivity index (χ0v) is 8.97. The van der Waals surface area contributed by atoms with Gasteiger partial charge in [-0.15, -0.1) is 0 Å². The molecule has 0 fully saturated rings. The van der Waals surface area contributed by atoms with Crippen LogP contribution in [0.15, 0.2) is 47.4 Å². The van der Waals surface area contributed by atoms with Crippen LogP contribution in [-0.4, -0.2) is 10.9 Å². The van der Waals surface area contributed by atoms with Gasteiger partial charge in [-0.25, -0.2) is 4.39 Å². The Labute approximate surface area is 97.1 Å². The van der Waals surface area contributed by atoms with Crippen molar-refractivity contribution in [3.63, 3.8) is 0 Å². The Morgan fingerprint density at radius 2 is 2.06 bits per heavy atom. The van der Waals surface area contributed by atoms with E-state index in [1.807, 2.05) is 0 Å². The van der Waals surface area contributed by atoms with Crippen molar-refractivity contribution in [2.45, 2.75) is 6.54 Å². The fourth-order valence-corrected chi connectivity index (χ4v) is 1.58. The van der Waals surface area contributed by atoms with E-state index in [9.17, 15) is 14.0 Å². The maximum atomic E-state index is 13.0.